The predicted molar refractivity (Wildman–Crippen MR) is 83.9 cm³/mol. The lowest BCUT2D eigenvalue weighted by atomic mass is 10.1. The lowest BCUT2D eigenvalue weighted by molar-refractivity contribution is 0.610. The summed E-state index contributed by atoms with van der Waals surface area (Å²) in [6.45, 7) is 5.30. The highest BCUT2D eigenvalue weighted by atomic mass is 14.9. The Morgan fingerprint density at radius 3 is 2.90 bits per heavy atom. The van der Waals surface area contributed by atoms with Crippen molar-refractivity contribution in [1.29, 1.82) is 0 Å². The zero-order valence-corrected chi connectivity index (χ0v) is 12.5. The van der Waals surface area contributed by atoms with Gasteiger partial charge in [0.15, 0.2) is 0 Å². The van der Waals surface area contributed by atoms with Crippen molar-refractivity contribution in [3.63, 3.8) is 0 Å². The number of hydrogen-bond acceptors (Lipinski definition) is 1. The summed E-state index contributed by atoms with van der Waals surface area (Å²) in [7, 11) is 0. The first-order chi connectivity index (χ1) is 9.63. The Morgan fingerprint density at radius 2 is 2.05 bits per heavy atom. The molecule has 1 aromatic carbocycles. The van der Waals surface area contributed by atoms with Gasteiger partial charge in [-0.1, -0.05) is 30.2 Å². The number of benzene rings is 1. The van der Waals surface area contributed by atoms with E-state index in [9.17, 15) is 0 Å². The Labute approximate surface area is 121 Å². The van der Waals surface area contributed by atoms with Crippen molar-refractivity contribution in [2.45, 2.75) is 52.1 Å². The minimum atomic E-state index is 0.229. The van der Waals surface area contributed by atoms with Crippen molar-refractivity contribution < 1.29 is 0 Å². The van der Waals surface area contributed by atoms with Crippen LogP contribution in [0.5, 0.6) is 0 Å². The molecular weight excluding hydrogens is 244 g/mol. The van der Waals surface area contributed by atoms with Gasteiger partial charge in [0.2, 0.25) is 0 Å². The van der Waals surface area contributed by atoms with Gasteiger partial charge in [-0.15, -0.1) is 0 Å². The summed E-state index contributed by atoms with van der Waals surface area (Å²) < 4.78 is 2.32. The Bertz CT molecular complexity index is 610. The molecule has 2 heteroatoms. The van der Waals surface area contributed by atoms with Crippen molar-refractivity contribution in [2.75, 3.05) is 0 Å². The molecule has 1 atom stereocenters. The highest BCUT2D eigenvalue weighted by Gasteiger charge is 2.17. The monoisotopic (exact) mass is 268 g/mol. The maximum absolute atomic E-state index is 6.29. The standard InChI is InChI=1S/C18H24N2/c1-13-7-8-14(2)16(9-13)11-20-10-15-5-3-4-6-18(19)17(15)12-20/h7-10,12,18H,3-6,11,19H2,1-2H3. The van der Waals surface area contributed by atoms with Gasteiger partial charge in [-0.05, 0) is 55.4 Å². The van der Waals surface area contributed by atoms with Gasteiger partial charge in [-0.25, -0.2) is 0 Å². The Morgan fingerprint density at radius 1 is 1.20 bits per heavy atom. The smallest absolute Gasteiger partial charge is 0.0473 e. The minimum Gasteiger partial charge on any atom is -0.349 e. The molecule has 1 aliphatic carbocycles. The van der Waals surface area contributed by atoms with E-state index in [0.29, 0.717) is 0 Å². The van der Waals surface area contributed by atoms with Crippen molar-refractivity contribution in [1.82, 2.24) is 4.57 Å². The molecular formula is C18H24N2. The van der Waals surface area contributed by atoms with Crippen LogP contribution in [0, 0.1) is 13.8 Å². The van der Waals surface area contributed by atoms with Crippen molar-refractivity contribution in [2.24, 2.45) is 5.73 Å². The van der Waals surface area contributed by atoms with E-state index in [2.05, 4.69) is 49.0 Å². The molecule has 2 N–H and O–H groups in total. The molecule has 0 radical (unpaired) electrons. The summed E-state index contributed by atoms with van der Waals surface area (Å²) in [4.78, 5) is 0. The summed E-state index contributed by atoms with van der Waals surface area (Å²) in [5.74, 6) is 0. The number of rotatable bonds is 2. The maximum atomic E-state index is 6.29. The molecule has 1 aliphatic rings. The van der Waals surface area contributed by atoms with Gasteiger partial charge in [0.1, 0.15) is 0 Å². The van der Waals surface area contributed by atoms with Gasteiger partial charge < -0.3 is 10.3 Å². The molecule has 2 aromatic rings. The molecule has 2 nitrogen and oxygen atoms in total. The summed E-state index contributed by atoms with van der Waals surface area (Å²) in [6.07, 6.45) is 9.42. The zero-order chi connectivity index (χ0) is 14.1. The second kappa shape index (κ2) is 5.45. The molecule has 0 saturated carbocycles. The van der Waals surface area contributed by atoms with Crippen LogP contribution in [0.3, 0.4) is 0 Å². The van der Waals surface area contributed by atoms with Crippen LogP contribution in [0.1, 0.15) is 53.1 Å². The number of nitrogens with zero attached hydrogens (tertiary/aromatic N) is 1. The quantitative estimate of drug-likeness (QED) is 0.823. The van der Waals surface area contributed by atoms with E-state index >= 15 is 0 Å². The first kappa shape index (κ1) is 13.4. The van der Waals surface area contributed by atoms with Gasteiger partial charge in [-0.3, -0.25) is 0 Å². The van der Waals surface area contributed by atoms with Crippen LogP contribution in [-0.2, 0) is 13.0 Å². The van der Waals surface area contributed by atoms with Crippen LogP contribution in [0.15, 0.2) is 30.6 Å². The Kier molecular flexibility index (Phi) is 3.66. The summed E-state index contributed by atoms with van der Waals surface area (Å²) >= 11 is 0. The van der Waals surface area contributed by atoms with Crippen molar-refractivity contribution >= 4 is 0 Å². The van der Waals surface area contributed by atoms with E-state index in [1.807, 2.05) is 0 Å². The van der Waals surface area contributed by atoms with Crippen LogP contribution < -0.4 is 5.73 Å². The highest BCUT2D eigenvalue weighted by Crippen LogP contribution is 2.28. The van der Waals surface area contributed by atoms with Crippen molar-refractivity contribution in [3.05, 3.63) is 58.4 Å². The third kappa shape index (κ3) is 2.66. The van der Waals surface area contributed by atoms with E-state index in [-0.39, 0.29) is 6.04 Å². The first-order valence-electron chi connectivity index (χ1n) is 7.64. The topological polar surface area (TPSA) is 30.9 Å². The summed E-state index contributed by atoms with van der Waals surface area (Å²) in [6, 6.07) is 6.91. The highest BCUT2D eigenvalue weighted by molar-refractivity contribution is 5.33. The average molecular weight is 268 g/mol. The SMILES string of the molecule is Cc1ccc(C)c(Cn2cc3c(c2)C(N)CCCC3)c1. The molecule has 0 spiro atoms. The van der Waals surface area contributed by atoms with Gasteiger partial charge in [0.05, 0.1) is 0 Å². The van der Waals surface area contributed by atoms with Gasteiger partial charge in [0, 0.05) is 25.0 Å². The third-order valence-corrected chi connectivity index (χ3v) is 4.47. The van der Waals surface area contributed by atoms with E-state index in [1.165, 1.54) is 47.1 Å². The van der Waals surface area contributed by atoms with E-state index in [1.54, 1.807) is 0 Å². The second-order valence-electron chi connectivity index (χ2n) is 6.19. The van der Waals surface area contributed by atoms with Gasteiger partial charge >= 0.3 is 0 Å². The van der Waals surface area contributed by atoms with E-state index in [4.69, 9.17) is 5.73 Å². The minimum absolute atomic E-state index is 0.229. The number of nitrogens with two attached hydrogens (primary N) is 1. The summed E-state index contributed by atoms with van der Waals surface area (Å²) in [5, 5.41) is 0. The summed E-state index contributed by atoms with van der Waals surface area (Å²) in [5.41, 5.74) is 13.2. The lowest BCUT2D eigenvalue weighted by Crippen LogP contribution is -2.09. The molecule has 0 amide bonds. The lowest BCUT2D eigenvalue weighted by Gasteiger charge is -2.09. The van der Waals surface area contributed by atoms with Gasteiger partial charge in [-0.2, -0.15) is 0 Å². The van der Waals surface area contributed by atoms with Crippen LogP contribution >= 0.6 is 0 Å². The Hall–Kier alpha value is -1.54. The number of aromatic nitrogens is 1. The fourth-order valence-electron chi connectivity index (χ4n) is 3.21. The fraction of sp³-hybridized carbons (Fsp3) is 0.444. The maximum Gasteiger partial charge on any atom is 0.0473 e. The third-order valence-electron chi connectivity index (χ3n) is 4.47. The molecule has 0 saturated heterocycles. The van der Waals surface area contributed by atoms with Crippen LogP contribution in [0.2, 0.25) is 0 Å². The van der Waals surface area contributed by atoms with E-state index in [0.717, 1.165) is 13.0 Å². The number of fused-ring (bicyclic) bond motifs is 1. The molecule has 106 valence electrons. The Balaban J connectivity index is 1.88. The normalized spacial score (nSPS) is 18.6. The van der Waals surface area contributed by atoms with Crippen LogP contribution in [-0.4, -0.2) is 4.57 Å². The second-order valence-corrected chi connectivity index (χ2v) is 6.19. The molecule has 1 unspecified atom stereocenters. The molecule has 1 aromatic heterocycles. The van der Waals surface area contributed by atoms with E-state index < -0.39 is 0 Å². The average Bonchev–Trinajstić information content (AvgIpc) is 2.74. The molecule has 3 rings (SSSR count). The molecule has 0 bridgehead atoms. The zero-order valence-electron chi connectivity index (χ0n) is 12.5. The predicted octanol–water partition coefficient (Wildman–Crippen LogP) is 3.88. The largest absolute Gasteiger partial charge is 0.349 e. The fourth-order valence-corrected chi connectivity index (χ4v) is 3.21. The molecule has 1 heterocycles. The van der Waals surface area contributed by atoms with Crippen LogP contribution in [0.4, 0.5) is 0 Å². The van der Waals surface area contributed by atoms with Gasteiger partial charge in [0.25, 0.3) is 0 Å². The number of aryl methyl sites for hydroxylation is 3. The number of hydrogen-bond donors (Lipinski definition) is 1. The van der Waals surface area contributed by atoms with Crippen molar-refractivity contribution in [3.8, 4) is 0 Å². The molecule has 0 aliphatic heterocycles. The molecule has 0 fully saturated rings. The molecule has 20 heavy (non-hydrogen) atoms. The first-order valence-corrected chi connectivity index (χ1v) is 7.64. The van der Waals surface area contributed by atoms with Crippen LogP contribution in [0.25, 0.3) is 0 Å².